The summed E-state index contributed by atoms with van der Waals surface area (Å²) in [7, 11) is 2.07. The normalized spacial score (nSPS) is 13.2. The highest BCUT2D eigenvalue weighted by Gasteiger charge is 2.09. The third-order valence-electron chi connectivity index (χ3n) is 2.88. The molecule has 0 rings (SSSR count). The molecule has 0 aliphatic heterocycles. The van der Waals surface area contributed by atoms with Crippen LogP contribution in [0.15, 0.2) is 0 Å². The van der Waals surface area contributed by atoms with Crippen molar-refractivity contribution in [1.29, 1.82) is 0 Å². The van der Waals surface area contributed by atoms with Crippen LogP contribution in [0.25, 0.3) is 0 Å². The number of nitrogens with one attached hydrogen (secondary N) is 2. The molecule has 4 nitrogen and oxygen atoms in total. The largest absolute Gasteiger partial charge is 0.352 e. The van der Waals surface area contributed by atoms with Crippen molar-refractivity contribution in [2.24, 2.45) is 5.92 Å². The Morgan fingerprint density at radius 3 is 2.44 bits per heavy atom. The van der Waals surface area contributed by atoms with E-state index in [1.807, 2.05) is 6.92 Å². The molecule has 4 heteroatoms. The maximum absolute atomic E-state index is 11.5. The van der Waals surface area contributed by atoms with Gasteiger partial charge in [0, 0.05) is 19.1 Å². The van der Waals surface area contributed by atoms with Crippen molar-refractivity contribution in [2.45, 2.75) is 33.7 Å². The second-order valence-corrected chi connectivity index (χ2v) is 4.67. The fourth-order valence-electron chi connectivity index (χ4n) is 1.10. The minimum Gasteiger partial charge on any atom is -0.352 e. The van der Waals surface area contributed by atoms with E-state index in [4.69, 9.17) is 0 Å². The van der Waals surface area contributed by atoms with Gasteiger partial charge in [0.05, 0.1) is 6.54 Å². The molecule has 0 aromatic rings. The lowest BCUT2D eigenvalue weighted by Crippen LogP contribution is -2.42. The van der Waals surface area contributed by atoms with E-state index in [0.29, 0.717) is 12.5 Å². The molecule has 0 saturated heterocycles. The second-order valence-electron chi connectivity index (χ2n) is 4.67. The van der Waals surface area contributed by atoms with Crippen molar-refractivity contribution in [3.05, 3.63) is 0 Å². The molecule has 1 atom stereocenters. The van der Waals surface area contributed by atoms with Gasteiger partial charge in [0.1, 0.15) is 0 Å². The zero-order chi connectivity index (χ0) is 12.6. The van der Waals surface area contributed by atoms with Crippen LogP contribution in [0.1, 0.15) is 27.7 Å². The molecule has 0 aliphatic carbocycles. The number of hydrogen-bond donors (Lipinski definition) is 2. The van der Waals surface area contributed by atoms with E-state index >= 15 is 0 Å². The van der Waals surface area contributed by atoms with Crippen LogP contribution in [0.3, 0.4) is 0 Å². The molecule has 1 amide bonds. The van der Waals surface area contributed by atoms with Crippen LogP contribution < -0.4 is 10.6 Å². The van der Waals surface area contributed by atoms with Gasteiger partial charge in [-0.15, -0.1) is 0 Å². The van der Waals surface area contributed by atoms with Gasteiger partial charge in [0.25, 0.3) is 0 Å². The fraction of sp³-hybridized carbons (Fsp3) is 0.917. The van der Waals surface area contributed by atoms with E-state index in [1.165, 1.54) is 0 Å². The Bertz CT molecular complexity index is 195. The van der Waals surface area contributed by atoms with Crippen LogP contribution in [-0.4, -0.2) is 50.1 Å². The van der Waals surface area contributed by atoms with E-state index in [-0.39, 0.29) is 11.9 Å². The van der Waals surface area contributed by atoms with Gasteiger partial charge in [-0.25, -0.2) is 0 Å². The highest BCUT2D eigenvalue weighted by atomic mass is 16.1. The van der Waals surface area contributed by atoms with Gasteiger partial charge in [0.15, 0.2) is 0 Å². The molecule has 16 heavy (non-hydrogen) atoms. The van der Waals surface area contributed by atoms with Gasteiger partial charge in [-0.05, 0) is 26.4 Å². The summed E-state index contributed by atoms with van der Waals surface area (Å²) in [6.45, 7) is 11.7. The van der Waals surface area contributed by atoms with Crippen LogP contribution in [0.2, 0.25) is 0 Å². The van der Waals surface area contributed by atoms with Gasteiger partial charge in [-0.1, -0.05) is 20.8 Å². The number of carbonyl (C=O) groups is 1. The molecular weight excluding hydrogens is 202 g/mol. The molecule has 0 aromatic heterocycles. The number of carbonyl (C=O) groups excluding carboxylic acids is 1. The van der Waals surface area contributed by atoms with Gasteiger partial charge >= 0.3 is 0 Å². The van der Waals surface area contributed by atoms with Crippen LogP contribution in [0.4, 0.5) is 0 Å². The maximum Gasteiger partial charge on any atom is 0.234 e. The molecule has 96 valence electrons. The summed E-state index contributed by atoms with van der Waals surface area (Å²) < 4.78 is 0. The molecule has 0 aromatic carbocycles. The Balaban J connectivity index is 3.51. The Kier molecular flexibility index (Phi) is 8.21. The second kappa shape index (κ2) is 8.53. The minimum absolute atomic E-state index is 0.0837. The highest BCUT2D eigenvalue weighted by molar-refractivity contribution is 5.78. The van der Waals surface area contributed by atoms with Crippen LogP contribution in [0.5, 0.6) is 0 Å². The quantitative estimate of drug-likeness (QED) is 0.602. The standard InChI is InChI=1S/C12H27N3O/c1-6-15(5)8-7-13-9-12(16)14-11(4)10(2)3/h10-11,13H,6-9H2,1-5H3,(H,14,16). The molecule has 0 bridgehead atoms. The van der Waals surface area contributed by atoms with E-state index in [2.05, 4.69) is 43.4 Å². The lowest BCUT2D eigenvalue weighted by Gasteiger charge is -2.18. The SMILES string of the molecule is CCN(C)CCNCC(=O)NC(C)C(C)C. The highest BCUT2D eigenvalue weighted by Crippen LogP contribution is 1.98. The lowest BCUT2D eigenvalue weighted by atomic mass is 10.1. The van der Waals surface area contributed by atoms with Crippen LogP contribution >= 0.6 is 0 Å². The third kappa shape index (κ3) is 7.65. The maximum atomic E-state index is 11.5. The predicted molar refractivity (Wildman–Crippen MR) is 68.5 cm³/mol. The molecule has 0 aliphatic rings. The topological polar surface area (TPSA) is 44.4 Å². The van der Waals surface area contributed by atoms with Crippen molar-refractivity contribution >= 4 is 5.91 Å². The zero-order valence-electron chi connectivity index (χ0n) is 11.3. The Morgan fingerprint density at radius 2 is 1.94 bits per heavy atom. The Hall–Kier alpha value is -0.610. The number of amides is 1. The number of rotatable bonds is 8. The Morgan fingerprint density at radius 1 is 1.31 bits per heavy atom. The van der Waals surface area contributed by atoms with Gasteiger partial charge < -0.3 is 15.5 Å². The van der Waals surface area contributed by atoms with Gasteiger partial charge in [-0.2, -0.15) is 0 Å². The van der Waals surface area contributed by atoms with E-state index in [1.54, 1.807) is 0 Å². The van der Waals surface area contributed by atoms with Gasteiger partial charge in [-0.3, -0.25) is 4.79 Å². The third-order valence-corrected chi connectivity index (χ3v) is 2.88. The average Bonchev–Trinajstić information content (AvgIpc) is 2.23. The molecule has 1 unspecified atom stereocenters. The van der Waals surface area contributed by atoms with Gasteiger partial charge in [0.2, 0.25) is 5.91 Å². The average molecular weight is 229 g/mol. The fourth-order valence-corrected chi connectivity index (χ4v) is 1.10. The number of likely N-dealkylation sites (N-methyl/N-ethyl adjacent to an activating group) is 1. The molecule has 0 heterocycles. The van der Waals surface area contributed by atoms with E-state index in [9.17, 15) is 4.79 Å². The van der Waals surface area contributed by atoms with E-state index < -0.39 is 0 Å². The molecule has 0 saturated carbocycles. The van der Waals surface area contributed by atoms with Crippen molar-refractivity contribution in [3.63, 3.8) is 0 Å². The van der Waals surface area contributed by atoms with Crippen molar-refractivity contribution < 1.29 is 4.79 Å². The summed E-state index contributed by atoms with van der Waals surface area (Å²) in [5.74, 6) is 0.565. The van der Waals surface area contributed by atoms with Crippen molar-refractivity contribution in [2.75, 3.05) is 33.2 Å². The smallest absolute Gasteiger partial charge is 0.234 e. The Labute approximate surface area is 99.8 Å². The molecule has 2 N–H and O–H groups in total. The molecule has 0 radical (unpaired) electrons. The first-order chi connectivity index (χ1) is 7.47. The number of nitrogens with zero attached hydrogens (tertiary/aromatic N) is 1. The number of hydrogen-bond acceptors (Lipinski definition) is 3. The lowest BCUT2D eigenvalue weighted by molar-refractivity contribution is -0.121. The minimum atomic E-state index is 0.0837. The summed E-state index contributed by atoms with van der Waals surface area (Å²) in [4.78, 5) is 13.7. The monoisotopic (exact) mass is 229 g/mol. The van der Waals surface area contributed by atoms with Crippen LogP contribution in [-0.2, 0) is 4.79 Å². The summed E-state index contributed by atoms with van der Waals surface area (Å²) in [5.41, 5.74) is 0. The summed E-state index contributed by atoms with van der Waals surface area (Å²) in [5, 5.41) is 6.11. The summed E-state index contributed by atoms with van der Waals surface area (Å²) in [6.07, 6.45) is 0. The first-order valence-corrected chi connectivity index (χ1v) is 6.16. The first-order valence-electron chi connectivity index (χ1n) is 6.16. The summed E-state index contributed by atoms with van der Waals surface area (Å²) >= 11 is 0. The predicted octanol–water partition coefficient (Wildman–Crippen LogP) is 0.688. The van der Waals surface area contributed by atoms with E-state index in [0.717, 1.165) is 19.6 Å². The summed E-state index contributed by atoms with van der Waals surface area (Å²) in [6, 6.07) is 0.243. The zero-order valence-corrected chi connectivity index (χ0v) is 11.3. The molecule has 0 fully saturated rings. The first kappa shape index (κ1) is 15.4. The van der Waals surface area contributed by atoms with Crippen LogP contribution in [0, 0.1) is 5.92 Å². The molecule has 0 spiro atoms. The molecular formula is C12H27N3O. The van der Waals surface area contributed by atoms with Crippen molar-refractivity contribution in [3.8, 4) is 0 Å². The van der Waals surface area contributed by atoms with Crippen molar-refractivity contribution in [1.82, 2.24) is 15.5 Å².